The molecule has 0 spiro atoms. The summed E-state index contributed by atoms with van der Waals surface area (Å²) in [5.41, 5.74) is 0.853. The van der Waals surface area contributed by atoms with E-state index in [-0.39, 0.29) is 12.5 Å². The Bertz CT molecular complexity index is 354. The lowest BCUT2D eigenvalue weighted by molar-refractivity contribution is -0.135. The number of hydrogen-bond donors (Lipinski definition) is 0. The summed E-state index contributed by atoms with van der Waals surface area (Å²) >= 11 is 0. The third-order valence-corrected chi connectivity index (χ3v) is 2.12. The molecule has 4 nitrogen and oxygen atoms in total. The molecule has 0 heterocycles. The molecular weight excluding hydrogens is 218 g/mol. The summed E-state index contributed by atoms with van der Waals surface area (Å²) in [5.74, 6) is 0.482. The summed E-state index contributed by atoms with van der Waals surface area (Å²) in [6.07, 6.45) is 7.84. The number of imide groups is 1. The Balaban J connectivity index is 4.86. The molecule has 17 heavy (non-hydrogen) atoms. The first-order valence-electron chi connectivity index (χ1n) is 5.31. The van der Waals surface area contributed by atoms with E-state index in [0.717, 1.165) is 16.2 Å². The van der Waals surface area contributed by atoms with Crippen LogP contribution in [0.3, 0.4) is 0 Å². The molecule has 0 rings (SSSR count). The number of rotatable bonds is 6. The molecule has 0 aromatic heterocycles. The predicted molar refractivity (Wildman–Crippen MR) is 67.1 cm³/mol. The van der Waals surface area contributed by atoms with Gasteiger partial charge in [-0.1, -0.05) is 18.2 Å². The van der Waals surface area contributed by atoms with Gasteiger partial charge in [0.15, 0.2) is 0 Å². The molecule has 94 valence electrons. The second-order valence-corrected chi connectivity index (χ2v) is 3.48. The molecule has 0 aliphatic heterocycles. The minimum Gasteiger partial charge on any atom is -0.501 e. The summed E-state index contributed by atoms with van der Waals surface area (Å²) in [5, 5.41) is 0. The van der Waals surface area contributed by atoms with Gasteiger partial charge in [-0.3, -0.25) is 14.5 Å². The fraction of sp³-hybridized carbons (Fsp3) is 0.385. The van der Waals surface area contributed by atoms with E-state index >= 15 is 0 Å². The van der Waals surface area contributed by atoms with Gasteiger partial charge < -0.3 is 4.74 Å². The van der Waals surface area contributed by atoms with Crippen molar-refractivity contribution in [2.45, 2.75) is 20.8 Å². The van der Waals surface area contributed by atoms with Crippen LogP contribution in [0.15, 0.2) is 35.6 Å². The second-order valence-electron chi connectivity index (χ2n) is 3.48. The van der Waals surface area contributed by atoms with Gasteiger partial charge in [-0.05, 0) is 25.5 Å². The van der Waals surface area contributed by atoms with E-state index in [1.807, 2.05) is 32.1 Å². The third-order valence-electron chi connectivity index (χ3n) is 2.12. The fourth-order valence-electron chi connectivity index (χ4n) is 1.09. The van der Waals surface area contributed by atoms with Gasteiger partial charge in [-0.25, -0.2) is 0 Å². The first kappa shape index (κ1) is 15.2. The van der Waals surface area contributed by atoms with Crippen molar-refractivity contribution in [2.75, 3.05) is 13.7 Å². The van der Waals surface area contributed by atoms with Crippen LogP contribution in [0.1, 0.15) is 20.8 Å². The van der Waals surface area contributed by atoms with Crippen molar-refractivity contribution in [3.05, 3.63) is 35.6 Å². The van der Waals surface area contributed by atoms with Crippen LogP contribution in [-0.4, -0.2) is 30.9 Å². The van der Waals surface area contributed by atoms with Gasteiger partial charge in [-0.15, -0.1) is 0 Å². The molecular formula is C13H19NO3. The molecule has 4 heteroatoms. The molecule has 0 unspecified atom stereocenters. The molecule has 0 aliphatic rings. The second kappa shape index (κ2) is 8.33. The molecule has 0 N–H and O–H groups in total. The summed E-state index contributed by atoms with van der Waals surface area (Å²) in [4.78, 5) is 22.9. The van der Waals surface area contributed by atoms with Gasteiger partial charge in [0, 0.05) is 6.92 Å². The van der Waals surface area contributed by atoms with Crippen molar-refractivity contribution in [1.82, 2.24) is 4.90 Å². The van der Waals surface area contributed by atoms with E-state index in [9.17, 15) is 9.59 Å². The van der Waals surface area contributed by atoms with Crippen LogP contribution < -0.4 is 0 Å². The van der Waals surface area contributed by atoms with Crippen molar-refractivity contribution >= 4 is 12.3 Å². The minimum absolute atomic E-state index is 0.261. The maximum atomic E-state index is 11.1. The van der Waals surface area contributed by atoms with Crippen LogP contribution in [0.4, 0.5) is 0 Å². The van der Waals surface area contributed by atoms with Crippen LogP contribution in [-0.2, 0) is 14.3 Å². The fourth-order valence-corrected chi connectivity index (χ4v) is 1.09. The molecule has 0 saturated carbocycles. The van der Waals surface area contributed by atoms with Crippen LogP contribution in [0.5, 0.6) is 0 Å². The SMILES string of the molecule is C\C=C/C(=C\C=C(/C)OC)CN(C=O)C(C)=O. The van der Waals surface area contributed by atoms with Crippen molar-refractivity contribution in [3.63, 3.8) is 0 Å². The van der Waals surface area contributed by atoms with Gasteiger partial charge in [0.2, 0.25) is 12.3 Å². The maximum Gasteiger partial charge on any atom is 0.226 e. The van der Waals surface area contributed by atoms with Gasteiger partial charge in [0.25, 0.3) is 0 Å². The standard InChI is InChI=1S/C13H19NO3/c1-5-6-13(8-7-11(2)17-4)9-14(10-15)12(3)16/h5-8,10H,9H2,1-4H3/b6-5-,11-7+,13-8+. The molecule has 0 aromatic rings. The first-order chi connectivity index (χ1) is 8.04. The molecule has 0 aliphatic carbocycles. The molecule has 0 saturated heterocycles. The number of amides is 2. The number of carbonyl (C=O) groups excluding carboxylic acids is 2. The third kappa shape index (κ3) is 6.35. The maximum absolute atomic E-state index is 11.1. The zero-order valence-corrected chi connectivity index (χ0v) is 10.8. The van der Waals surface area contributed by atoms with Crippen LogP contribution >= 0.6 is 0 Å². The normalized spacial score (nSPS) is 12.7. The first-order valence-corrected chi connectivity index (χ1v) is 5.31. The summed E-state index contributed by atoms with van der Waals surface area (Å²) in [7, 11) is 1.59. The Morgan fingerprint density at radius 1 is 1.29 bits per heavy atom. The molecule has 0 atom stereocenters. The van der Waals surface area contributed by atoms with E-state index < -0.39 is 0 Å². The van der Waals surface area contributed by atoms with Gasteiger partial charge >= 0.3 is 0 Å². The number of hydrogen-bond acceptors (Lipinski definition) is 3. The van der Waals surface area contributed by atoms with Gasteiger partial charge in [0.05, 0.1) is 19.4 Å². The van der Waals surface area contributed by atoms with Crippen molar-refractivity contribution < 1.29 is 14.3 Å². The monoisotopic (exact) mass is 237 g/mol. The zero-order chi connectivity index (χ0) is 13.3. The lowest BCUT2D eigenvalue weighted by Gasteiger charge is -2.13. The van der Waals surface area contributed by atoms with E-state index in [4.69, 9.17) is 4.74 Å². The predicted octanol–water partition coefficient (Wildman–Crippen LogP) is 2.04. The van der Waals surface area contributed by atoms with Crippen LogP contribution in [0, 0.1) is 0 Å². The summed E-state index contributed by atoms with van der Waals surface area (Å²) in [6, 6.07) is 0. The highest BCUT2D eigenvalue weighted by molar-refractivity contribution is 5.84. The number of carbonyl (C=O) groups is 2. The van der Waals surface area contributed by atoms with Crippen LogP contribution in [0.2, 0.25) is 0 Å². The lowest BCUT2D eigenvalue weighted by Crippen LogP contribution is -2.28. The van der Waals surface area contributed by atoms with Crippen molar-refractivity contribution in [2.24, 2.45) is 0 Å². The minimum atomic E-state index is -0.275. The van der Waals surface area contributed by atoms with E-state index in [0.29, 0.717) is 6.41 Å². The quantitative estimate of drug-likeness (QED) is 0.403. The highest BCUT2D eigenvalue weighted by Crippen LogP contribution is 2.03. The van der Waals surface area contributed by atoms with Crippen LogP contribution in [0.25, 0.3) is 0 Å². The van der Waals surface area contributed by atoms with Gasteiger partial charge in [0.1, 0.15) is 0 Å². The number of ether oxygens (including phenoxy) is 1. The lowest BCUT2D eigenvalue weighted by atomic mass is 10.2. The Hall–Kier alpha value is -1.84. The molecule has 0 bridgehead atoms. The number of methoxy groups -OCH3 is 1. The van der Waals surface area contributed by atoms with Crippen molar-refractivity contribution in [1.29, 1.82) is 0 Å². The Morgan fingerprint density at radius 2 is 1.94 bits per heavy atom. The Kier molecular flexibility index (Phi) is 7.43. The number of nitrogens with zero attached hydrogens (tertiary/aromatic N) is 1. The molecule has 2 amide bonds. The summed E-state index contributed by atoms with van der Waals surface area (Å²) < 4.78 is 5.00. The smallest absolute Gasteiger partial charge is 0.226 e. The van der Waals surface area contributed by atoms with E-state index in [1.165, 1.54) is 6.92 Å². The average molecular weight is 237 g/mol. The number of allylic oxidation sites excluding steroid dienone is 4. The molecule has 0 fully saturated rings. The molecule has 0 aromatic carbocycles. The Labute approximate surface area is 102 Å². The summed E-state index contributed by atoms with van der Waals surface area (Å²) in [6.45, 7) is 5.32. The highest BCUT2D eigenvalue weighted by Gasteiger charge is 2.07. The topological polar surface area (TPSA) is 46.6 Å². The largest absolute Gasteiger partial charge is 0.501 e. The zero-order valence-electron chi connectivity index (χ0n) is 10.8. The van der Waals surface area contributed by atoms with E-state index in [1.54, 1.807) is 13.2 Å². The van der Waals surface area contributed by atoms with Crippen molar-refractivity contribution in [3.8, 4) is 0 Å². The van der Waals surface area contributed by atoms with Gasteiger partial charge in [-0.2, -0.15) is 0 Å². The molecule has 0 radical (unpaired) electrons. The van der Waals surface area contributed by atoms with E-state index in [2.05, 4.69) is 0 Å². The average Bonchev–Trinajstić information content (AvgIpc) is 2.31. The Morgan fingerprint density at radius 3 is 2.35 bits per heavy atom. The highest BCUT2D eigenvalue weighted by atomic mass is 16.5.